The van der Waals surface area contributed by atoms with Gasteiger partial charge in [-0.05, 0) is 12.5 Å². The lowest BCUT2D eigenvalue weighted by Gasteiger charge is -2.36. The van der Waals surface area contributed by atoms with Gasteiger partial charge in [-0.2, -0.15) is 0 Å². The average molecular weight is 449 g/mol. The van der Waals surface area contributed by atoms with Gasteiger partial charge in [0.05, 0.1) is 0 Å². The first-order valence-corrected chi connectivity index (χ1v) is 11.3. The van der Waals surface area contributed by atoms with Gasteiger partial charge in [0.1, 0.15) is 17.5 Å². The van der Waals surface area contributed by atoms with Crippen LogP contribution in [0.2, 0.25) is 0 Å². The molecule has 12 heteroatoms. The molecule has 2 aliphatic rings. The Kier molecular flexibility index (Phi) is 6.68. The molecule has 1 aromatic rings. The number of nitrogens with zero attached hydrogens (tertiary/aromatic N) is 2. The molecular weight excluding hydrogens is 426 g/mol. The summed E-state index contributed by atoms with van der Waals surface area (Å²) in [4.78, 5) is 64.0. The largest absolute Gasteiger partial charge is 0.340 e. The van der Waals surface area contributed by atoms with Gasteiger partial charge in [-0.15, -0.1) is 0 Å². The molecule has 0 radical (unpaired) electrons. The SMILES string of the molecule is CCN1CCN(C(=O)N[C@@H](C(=O)N[C@@H]2C(=O)N[C@@H]2S(C)=O)c2ccccc2)C(=O)C1=O. The average Bonchev–Trinajstić information content (AvgIpc) is 2.75. The van der Waals surface area contributed by atoms with E-state index in [9.17, 15) is 28.2 Å². The van der Waals surface area contributed by atoms with Crippen LogP contribution in [0.1, 0.15) is 18.5 Å². The molecule has 2 fully saturated rings. The summed E-state index contributed by atoms with van der Waals surface area (Å²) in [7, 11) is -1.41. The summed E-state index contributed by atoms with van der Waals surface area (Å²) in [6, 6.07) is 5.12. The third-order valence-electron chi connectivity index (χ3n) is 5.12. The van der Waals surface area contributed by atoms with E-state index in [0.29, 0.717) is 12.1 Å². The molecule has 0 bridgehead atoms. The predicted octanol–water partition coefficient (Wildman–Crippen LogP) is -1.55. The monoisotopic (exact) mass is 449 g/mol. The van der Waals surface area contributed by atoms with Crippen molar-refractivity contribution in [2.24, 2.45) is 0 Å². The molecule has 0 spiro atoms. The fourth-order valence-corrected chi connectivity index (χ4v) is 4.18. The van der Waals surface area contributed by atoms with Crippen molar-refractivity contribution in [3.05, 3.63) is 35.9 Å². The summed E-state index contributed by atoms with van der Waals surface area (Å²) in [5.74, 6) is -2.95. The Balaban J connectivity index is 1.77. The molecular formula is C19H23N5O6S. The molecule has 31 heavy (non-hydrogen) atoms. The number of hydrogen-bond donors (Lipinski definition) is 3. The third-order valence-corrected chi connectivity index (χ3v) is 6.23. The zero-order chi connectivity index (χ0) is 22.7. The standard InChI is InChI=1S/C19H23N5O6S/c1-3-23-9-10-24(18(28)17(23)27)19(29)21-12(11-7-5-4-6-8-11)14(25)20-13-15(26)22-16(13)31(2)30/h4-8,12-13,16H,3,9-10H2,1-2H3,(H,20,25)(H,21,29)(H,22,26)/t12-,13-,16-,31?/m1/s1. The molecule has 4 atom stereocenters. The third kappa shape index (κ3) is 4.58. The maximum absolute atomic E-state index is 12.9. The van der Waals surface area contributed by atoms with E-state index in [2.05, 4.69) is 16.0 Å². The van der Waals surface area contributed by atoms with Crippen LogP contribution < -0.4 is 16.0 Å². The zero-order valence-corrected chi connectivity index (χ0v) is 17.8. The van der Waals surface area contributed by atoms with Gasteiger partial charge in [0.2, 0.25) is 11.8 Å². The lowest BCUT2D eigenvalue weighted by atomic mass is 10.0. The van der Waals surface area contributed by atoms with Gasteiger partial charge in [0.25, 0.3) is 0 Å². The molecule has 0 aromatic heterocycles. The maximum Gasteiger partial charge on any atom is 0.325 e. The van der Waals surface area contributed by atoms with Gasteiger partial charge >= 0.3 is 17.8 Å². The lowest BCUT2D eigenvalue weighted by Crippen LogP contribution is -2.71. The number of piperazine rings is 1. The van der Waals surface area contributed by atoms with E-state index in [-0.39, 0.29) is 13.1 Å². The van der Waals surface area contributed by atoms with Crippen molar-refractivity contribution in [3.8, 4) is 0 Å². The first-order chi connectivity index (χ1) is 14.7. The van der Waals surface area contributed by atoms with Crippen LogP contribution in [-0.2, 0) is 30.0 Å². The summed E-state index contributed by atoms with van der Waals surface area (Å²) in [6.07, 6.45) is 1.40. The lowest BCUT2D eigenvalue weighted by molar-refractivity contribution is -0.153. The Bertz CT molecular complexity index is 939. The van der Waals surface area contributed by atoms with E-state index in [1.54, 1.807) is 37.3 Å². The number of amides is 6. The van der Waals surface area contributed by atoms with E-state index in [1.807, 2.05) is 0 Å². The van der Waals surface area contributed by atoms with E-state index in [0.717, 1.165) is 4.90 Å². The molecule has 11 nitrogen and oxygen atoms in total. The van der Waals surface area contributed by atoms with Crippen LogP contribution in [-0.4, -0.2) is 81.0 Å². The number of urea groups is 1. The van der Waals surface area contributed by atoms with Crippen molar-refractivity contribution in [1.82, 2.24) is 25.8 Å². The van der Waals surface area contributed by atoms with Crippen molar-refractivity contribution in [2.75, 3.05) is 25.9 Å². The number of rotatable bonds is 6. The molecule has 1 unspecified atom stereocenters. The number of β-lactam (4-membered cyclic amide) rings is 1. The van der Waals surface area contributed by atoms with E-state index in [1.165, 1.54) is 11.2 Å². The van der Waals surface area contributed by atoms with Crippen LogP contribution in [0.15, 0.2) is 30.3 Å². The summed E-state index contributed by atoms with van der Waals surface area (Å²) in [5, 5.41) is 6.70. The summed E-state index contributed by atoms with van der Waals surface area (Å²) in [5.41, 5.74) is 0.410. The first-order valence-electron chi connectivity index (χ1n) is 9.63. The molecule has 3 rings (SSSR count). The molecule has 2 aliphatic heterocycles. The van der Waals surface area contributed by atoms with Gasteiger partial charge < -0.3 is 20.9 Å². The van der Waals surface area contributed by atoms with Crippen LogP contribution in [0.3, 0.4) is 0 Å². The highest BCUT2D eigenvalue weighted by Crippen LogP contribution is 2.17. The number of nitrogens with one attached hydrogen (secondary N) is 3. The Labute approximate surface area is 181 Å². The number of carbonyl (C=O) groups excluding carboxylic acids is 5. The highest BCUT2D eigenvalue weighted by molar-refractivity contribution is 7.85. The predicted molar refractivity (Wildman–Crippen MR) is 110 cm³/mol. The van der Waals surface area contributed by atoms with Crippen molar-refractivity contribution >= 4 is 40.5 Å². The molecule has 6 amide bonds. The van der Waals surface area contributed by atoms with Gasteiger partial charge in [-0.25, -0.2) is 4.79 Å². The quantitative estimate of drug-likeness (QED) is 0.354. The molecule has 0 saturated carbocycles. The normalized spacial score (nSPS) is 22.8. The minimum Gasteiger partial charge on any atom is -0.340 e. The Morgan fingerprint density at radius 1 is 1.16 bits per heavy atom. The van der Waals surface area contributed by atoms with E-state index >= 15 is 0 Å². The Morgan fingerprint density at radius 3 is 2.42 bits per heavy atom. The highest BCUT2D eigenvalue weighted by atomic mass is 32.2. The second kappa shape index (κ2) is 9.25. The number of carbonyl (C=O) groups is 5. The van der Waals surface area contributed by atoms with Gasteiger partial charge in [-0.1, -0.05) is 30.3 Å². The Hall–Kier alpha value is -3.28. The smallest absolute Gasteiger partial charge is 0.325 e. The van der Waals surface area contributed by atoms with Crippen molar-refractivity contribution in [1.29, 1.82) is 0 Å². The van der Waals surface area contributed by atoms with Crippen LogP contribution in [0.5, 0.6) is 0 Å². The number of hydrogen-bond acceptors (Lipinski definition) is 6. The minimum absolute atomic E-state index is 0.00467. The molecule has 2 saturated heterocycles. The zero-order valence-electron chi connectivity index (χ0n) is 17.0. The Morgan fingerprint density at radius 2 is 1.84 bits per heavy atom. The summed E-state index contributed by atoms with van der Waals surface area (Å²) in [6.45, 7) is 2.26. The molecule has 166 valence electrons. The second-order valence-electron chi connectivity index (χ2n) is 7.05. The van der Waals surface area contributed by atoms with E-state index < -0.39 is 57.9 Å². The fraction of sp³-hybridized carbons (Fsp3) is 0.421. The van der Waals surface area contributed by atoms with Crippen molar-refractivity contribution < 1.29 is 28.2 Å². The van der Waals surface area contributed by atoms with E-state index in [4.69, 9.17) is 0 Å². The summed E-state index contributed by atoms with van der Waals surface area (Å²) < 4.78 is 11.7. The number of imide groups is 1. The van der Waals surface area contributed by atoms with Crippen LogP contribution >= 0.6 is 0 Å². The topological polar surface area (TPSA) is 145 Å². The van der Waals surface area contributed by atoms with Gasteiger partial charge in [0.15, 0.2) is 0 Å². The number of likely N-dealkylation sites (N-methyl/N-ethyl adjacent to an activating group) is 1. The van der Waals surface area contributed by atoms with Crippen LogP contribution in [0, 0.1) is 0 Å². The van der Waals surface area contributed by atoms with Crippen molar-refractivity contribution in [3.63, 3.8) is 0 Å². The molecule has 2 heterocycles. The first kappa shape index (κ1) is 22.4. The second-order valence-corrected chi connectivity index (χ2v) is 8.55. The van der Waals surface area contributed by atoms with Crippen LogP contribution in [0.25, 0.3) is 0 Å². The highest BCUT2D eigenvalue weighted by Gasteiger charge is 2.44. The van der Waals surface area contributed by atoms with Crippen LogP contribution in [0.4, 0.5) is 4.79 Å². The summed E-state index contributed by atoms with van der Waals surface area (Å²) >= 11 is 0. The minimum atomic E-state index is -1.41. The number of benzene rings is 1. The van der Waals surface area contributed by atoms with Gasteiger partial charge in [-0.3, -0.25) is 28.3 Å². The molecule has 3 N–H and O–H groups in total. The fourth-order valence-electron chi connectivity index (χ4n) is 3.32. The molecule has 0 aliphatic carbocycles. The van der Waals surface area contributed by atoms with Gasteiger partial charge in [0, 0.05) is 36.7 Å². The maximum atomic E-state index is 12.9. The van der Waals surface area contributed by atoms with Crippen molar-refractivity contribution in [2.45, 2.75) is 24.4 Å². The molecule has 1 aromatic carbocycles.